The van der Waals surface area contributed by atoms with E-state index in [1.54, 1.807) is 0 Å². The first-order chi connectivity index (χ1) is 8.97. The Balaban J connectivity index is 0.00000200. The van der Waals surface area contributed by atoms with Crippen LogP contribution in [0.25, 0.3) is 0 Å². The van der Waals surface area contributed by atoms with Crippen LogP contribution < -0.4 is 10.6 Å². The maximum absolute atomic E-state index is 12.7. The summed E-state index contributed by atoms with van der Waals surface area (Å²) in [5, 5.41) is 6.05. The molecule has 3 atom stereocenters. The molecule has 3 nitrogen and oxygen atoms in total. The molecule has 0 radical (unpaired) electrons. The Morgan fingerprint density at radius 2 is 1.95 bits per heavy atom. The van der Waals surface area contributed by atoms with Gasteiger partial charge in [0.2, 0.25) is 5.91 Å². The van der Waals surface area contributed by atoms with E-state index in [0.29, 0.717) is 19.4 Å². The van der Waals surface area contributed by atoms with Crippen LogP contribution in [0.3, 0.4) is 0 Å². The van der Waals surface area contributed by atoms with Gasteiger partial charge in [-0.25, -0.2) is 0 Å². The van der Waals surface area contributed by atoms with Gasteiger partial charge >= 0.3 is 6.18 Å². The number of alkyl halides is 3. The van der Waals surface area contributed by atoms with Gasteiger partial charge in [0.1, 0.15) is 0 Å². The number of rotatable bonds is 3. The van der Waals surface area contributed by atoms with Gasteiger partial charge in [-0.05, 0) is 38.6 Å². The van der Waals surface area contributed by atoms with Crippen LogP contribution in [0.5, 0.6) is 0 Å². The van der Waals surface area contributed by atoms with Crippen molar-refractivity contribution in [1.82, 2.24) is 10.6 Å². The molecule has 1 saturated heterocycles. The van der Waals surface area contributed by atoms with E-state index in [1.165, 1.54) is 0 Å². The zero-order valence-corrected chi connectivity index (χ0v) is 12.2. The Hall–Kier alpha value is -0.490. The zero-order valence-electron chi connectivity index (χ0n) is 11.3. The minimum absolute atomic E-state index is 0. The van der Waals surface area contributed by atoms with Crippen LogP contribution in [0.4, 0.5) is 13.2 Å². The molecule has 2 N–H and O–H groups in total. The van der Waals surface area contributed by atoms with E-state index in [1.807, 2.05) is 0 Å². The lowest BCUT2D eigenvalue weighted by atomic mass is 9.80. The molecule has 1 amide bonds. The topological polar surface area (TPSA) is 41.1 Å². The van der Waals surface area contributed by atoms with E-state index in [2.05, 4.69) is 10.6 Å². The lowest BCUT2D eigenvalue weighted by Crippen LogP contribution is -2.42. The molecule has 0 aromatic heterocycles. The van der Waals surface area contributed by atoms with Crippen molar-refractivity contribution >= 4 is 18.3 Å². The maximum Gasteiger partial charge on any atom is 0.391 e. The smallest absolute Gasteiger partial charge is 0.354 e. The summed E-state index contributed by atoms with van der Waals surface area (Å²) in [6.07, 6.45) is -0.854. The van der Waals surface area contributed by atoms with Gasteiger partial charge < -0.3 is 10.6 Å². The fourth-order valence-corrected chi connectivity index (χ4v) is 3.02. The van der Waals surface area contributed by atoms with Gasteiger partial charge in [-0.2, -0.15) is 13.2 Å². The summed E-state index contributed by atoms with van der Waals surface area (Å²) in [4.78, 5) is 11.9. The molecule has 0 aromatic rings. The highest BCUT2D eigenvalue weighted by Gasteiger charge is 2.43. The molecule has 1 saturated carbocycles. The number of amides is 1. The van der Waals surface area contributed by atoms with Gasteiger partial charge in [-0.3, -0.25) is 4.79 Å². The Kier molecular flexibility index (Phi) is 6.58. The van der Waals surface area contributed by atoms with E-state index in [4.69, 9.17) is 0 Å². The second kappa shape index (κ2) is 7.50. The van der Waals surface area contributed by atoms with Gasteiger partial charge in [0.25, 0.3) is 0 Å². The lowest BCUT2D eigenvalue weighted by molar-refractivity contribution is -0.186. The van der Waals surface area contributed by atoms with Gasteiger partial charge in [0, 0.05) is 18.5 Å². The molecule has 1 aliphatic carbocycles. The van der Waals surface area contributed by atoms with Crippen molar-refractivity contribution in [3.8, 4) is 0 Å². The van der Waals surface area contributed by atoms with Crippen LogP contribution in [0.15, 0.2) is 0 Å². The Morgan fingerprint density at radius 3 is 2.55 bits per heavy atom. The second-order valence-electron chi connectivity index (χ2n) is 5.64. The first-order valence-corrected chi connectivity index (χ1v) is 7.04. The predicted molar refractivity (Wildman–Crippen MR) is 72.8 cm³/mol. The summed E-state index contributed by atoms with van der Waals surface area (Å²) in [6, 6.07) is 0.283. The largest absolute Gasteiger partial charge is 0.391 e. The molecule has 2 rings (SSSR count). The highest BCUT2D eigenvalue weighted by atomic mass is 35.5. The van der Waals surface area contributed by atoms with Gasteiger partial charge in [0.15, 0.2) is 0 Å². The molecule has 20 heavy (non-hydrogen) atoms. The minimum Gasteiger partial charge on any atom is -0.354 e. The predicted octanol–water partition coefficient (Wildman–Crippen LogP) is 2.65. The van der Waals surface area contributed by atoms with Crippen LogP contribution in [0.2, 0.25) is 0 Å². The van der Waals surface area contributed by atoms with Crippen molar-refractivity contribution < 1.29 is 18.0 Å². The van der Waals surface area contributed by atoms with Crippen molar-refractivity contribution in [1.29, 1.82) is 0 Å². The molecule has 1 aliphatic heterocycles. The summed E-state index contributed by atoms with van der Waals surface area (Å²) < 4.78 is 38.0. The van der Waals surface area contributed by atoms with E-state index in [9.17, 15) is 18.0 Å². The van der Waals surface area contributed by atoms with E-state index < -0.39 is 18.0 Å². The van der Waals surface area contributed by atoms with Crippen LogP contribution in [0, 0.1) is 11.8 Å². The number of carbonyl (C=O) groups is 1. The summed E-state index contributed by atoms with van der Waals surface area (Å²) >= 11 is 0. The fourth-order valence-electron chi connectivity index (χ4n) is 3.02. The maximum atomic E-state index is 12.7. The van der Waals surface area contributed by atoms with Crippen molar-refractivity contribution in [3.05, 3.63) is 0 Å². The molecular formula is C13H22ClF3N2O. The Labute approximate surface area is 123 Å². The number of halogens is 4. The first-order valence-electron chi connectivity index (χ1n) is 7.04. The summed E-state index contributed by atoms with van der Waals surface area (Å²) in [6.45, 7) is 1.49. The van der Waals surface area contributed by atoms with E-state index in [0.717, 1.165) is 19.4 Å². The number of carbonyl (C=O) groups excluding carboxylic acids is 1. The standard InChI is InChI=1S/C13H21F3N2O.ClH/c14-13(15,16)10-4-1-3-9(7-10)12(19)18-8-11-5-2-6-17-11;/h9-11,17H,1-8H2,(H,18,19);1H. The van der Waals surface area contributed by atoms with Crippen molar-refractivity contribution in [2.75, 3.05) is 13.1 Å². The highest BCUT2D eigenvalue weighted by molar-refractivity contribution is 5.85. The summed E-state index contributed by atoms with van der Waals surface area (Å²) in [5.41, 5.74) is 0. The highest BCUT2D eigenvalue weighted by Crippen LogP contribution is 2.39. The van der Waals surface area contributed by atoms with Crippen LogP contribution >= 0.6 is 12.4 Å². The molecule has 0 spiro atoms. The quantitative estimate of drug-likeness (QED) is 0.841. The van der Waals surface area contributed by atoms with Crippen molar-refractivity contribution in [2.24, 2.45) is 11.8 Å². The number of nitrogens with one attached hydrogen (secondary N) is 2. The second-order valence-corrected chi connectivity index (χ2v) is 5.64. The third kappa shape index (κ3) is 4.81. The molecule has 3 unspecified atom stereocenters. The molecule has 118 valence electrons. The third-order valence-electron chi connectivity index (χ3n) is 4.19. The lowest BCUT2D eigenvalue weighted by Gasteiger charge is -2.30. The first kappa shape index (κ1) is 17.6. The van der Waals surface area contributed by atoms with Gasteiger partial charge in [0.05, 0.1) is 5.92 Å². The Morgan fingerprint density at radius 1 is 1.20 bits per heavy atom. The van der Waals surface area contributed by atoms with Crippen LogP contribution in [0.1, 0.15) is 38.5 Å². The Bertz CT molecular complexity index is 319. The number of hydrogen-bond donors (Lipinski definition) is 2. The van der Waals surface area contributed by atoms with Gasteiger partial charge in [-0.1, -0.05) is 6.42 Å². The van der Waals surface area contributed by atoms with Crippen molar-refractivity contribution in [3.63, 3.8) is 0 Å². The van der Waals surface area contributed by atoms with Crippen LogP contribution in [-0.4, -0.2) is 31.2 Å². The molecule has 2 aliphatic rings. The number of hydrogen-bond acceptors (Lipinski definition) is 2. The molecule has 2 fully saturated rings. The summed E-state index contributed by atoms with van der Waals surface area (Å²) in [7, 11) is 0. The normalized spacial score (nSPS) is 30.6. The minimum atomic E-state index is -4.16. The molecular weight excluding hydrogens is 293 g/mol. The third-order valence-corrected chi connectivity index (χ3v) is 4.19. The SMILES string of the molecule is Cl.O=C(NCC1CCCN1)C1CCCC(C(F)(F)F)C1. The molecule has 7 heteroatoms. The van der Waals surface area contributed by atoms with Crippen LogP contribution in [-0.2, 0) is 4.79 Å². The van der Waals surface area contributed by atoms with Gasteiger partial charge in [-0.15, -0.1) is 12.4 Å². The zero-order chi connectivity index (χ0) is 13.9. The van der Waals surface area contributed by atoms with E-state index in [-0.39, 0.29) is 37.2 Å². The van der Waals surface area contributed by atoms with E-state index >= 15 is 0 Å². The molecule has 1 heterocycles. The molecule has 0 aromatic carbocycles. The summed E-state index contributed by atoms with van der Waals surface area (Å²) in [5.74, 6) is -1.98. The average molecular weight is 315 g/mol. The van der Waals surface area contributed by atoms with Crippen molar-refractivity contribution in [2.45, 2.75) is 50.7 Å². The average Bonchev–Trinajstić information content (AvgIpc) is 2.88. The monoisotopic (exact) mass is 314 g/mol. The molecule has 0 bridgehead atoms. The fraction of sp³-hybridized carbons (Fsp3) is 0.923.